The maximum absolute atomic E-state index is 11.3. The van der Waals surface area contributed by atoms with Crippen LogP contribution in [0.15, 0.2) is 48.5 Å². The van der Waals surface area contributed by atoms with Gasteiger partial charge >= 0.3 is 0 Å². The zero-order valence-electron chi connectivity index (χ0n) is 10.9. The molecule has 0 unspecified atom stereocenters. The first-order valence-electron chi connectivity index (χ1n) is 6.48. The molecule has 0 N–H and O–H groups in total. The third-order valence-electron chi connectivity index (χ3n) is 4.00. The zero-order valence-corrected chi connectivity index (χ0v) is 10.9. The lowest BCUT2D eigenvalue weighted by Gasteiger charge is -2.12. The first-order valence-corrected chi connectivity index (χ1v) is 6.48. The lowest BCUT2D eigenvalue weighted by atomic mass is 9.91. The third kappa shape index (κ3) is 1.29. The SMILES string of the molecule is Cc1cc2cccc3ccc4ccc([N+](=O)[O-])c1c4c32. The van der Waals surface area contributed by atoms with Crippen LogP contribution in [-0.2, 0) is 0 Å². The summed E-state index contributed by atoms with van der Waals surface area (Å²) in [4.78, 5) is 11.0. The highest BCUT2D eigenvalue weighted by Gasteiger charge is 2.18. The number of nitrogens with zero attached hydrogens (tertiary/aromatic N) is 1. The molecule has 0 aliphatic rings. The average Bonchev–Trinajstić information content (AvgIpc) is 2.45. The smallest absolute Gasteiger partial charge is 0.258 e. The summed E-state index contributed by atoms with van der Waals surface area (Å²) in [6.07, 6.45) is 0. The van der Waals surface area contributed by atoms with E-state index in [1.54, 1.807) is 6.07 Å². The quantitative estimate of drug-likeness (QED) is 0.280. The second-order valence-corrected chi connectivity index (χ2v) is 5.15. The number of nitro benzene ring substituents is 1. The van der Waals surface area contributed by atoms with E-state index in [-0.39, 0.29) is 10.6 Å². The molecule has 4 aromatic rings. The van der Waals surface area contributed by atoms with Crippen LogP contribution in [0.5, 0.6) is 0 Å². The van der Waals surface area contributed by atoms with Gasteiger partial charge < -0.3 is 0 Å². The molecular weight excluding hydrogens is 250 g/mol. The molecule has 0 spiro atoms. The van der Waals surface area contributed by atoms with Gasteiger partial charge in [0.25, 0.3) is 5.69 Å². The van der Waals surface area contributed by atoms with Crippen molar-refractivity contribution in [2.45, 2.75) is 6.92 Å². The Hall–Kier alpha value is -2.68. The predicted molar refractivity (Wildman–Crippen MR) is 81.5 cm³/mol. The molecule has 0 amide bonds. The number of hydrogen-bond donors (Lipinski definition) is 0. The average molecular weight is 261 g/mol. The second-order valence-electron chi connectivity index (χ2n) is 5.15. The van der Waals surface area contributed by atoms with Crippen LogP contribution in [0.25, 0.3) is 32.3 Å². The van der Waals surface area contributed by atoms with E-state index in [2.05, 4.69) is 18.2 Å². The van der Waals surface area contributed by atoms with Crippen molar-refractivity contribution in [3.8, 4) is 0 Å². The lowest BCUT2D eigenvalue weighted by molar-refractivity contribution is -0.383. The van der Waals surface area contributed by atoms with Crippen molar-refractivity contribution < 1.29 is 4.92 Å². The van der Waals surface area contributed by atoms with E-state index in [0.717, 1.165) is 37.9 Å². The Morgan fingerprint density at radius 3 is 2.25 bits per heavy atom. The van der Waals surface area contributed by atoms with Gasteiger partial charge in [-0.3, -0.25) is 10.1 Å². The monoisotopic (exact) mass is 261 g/mol. The Bertz CT molecular complexity index is 988. The Balaban J connectivity index is 2.42. The molecule has 0 aliphatic heterocycles. The molecule has 0 atom stereocenters. The standard InChI is InChI=1S/C17H11NO2/c1-10-9-13-4-2-3-11-5-6-12-7-8-14(18(19)20)15(10)17(12)16(11)13/h2-9H,1H3. The molecule has 0 saturated heterocycles. The molecule has 3 heteroatoms. The van der Waals surface area contributed by atoms with Gasteiger partial charge in [-0.1, -0.05) is 36.4 Å². The summed E-state index contributed by atoms with van der Waals surface area (Å²) in [5, 5.41) is 17.5. The van der Waals surface area contributed by atoms with Gasteiger partial charge in [-0.05, 0) is 40.1 Å². The first kappa shape index (κ1) is 11.2. The molecule has 20 heavy (non-hydrogen) atoms. The zero-order chi connectivity index (χ0) is 13.9. The predicted octanol–water partition coefficient (Wildman–Crippen LogP) is 4.80. The number of rotatable bonds is 1. The number of hydrogen-bond acceptors (Lipinski definition) is 2. The minimum absolute atomic E-state index is 0.188. The van der Waals surface area contributed by atoms with E-state index < -0.39 is 0 Å². The Kier molecular flexibility index (Phi) is 2.05. The highest BCUT2D eigenvalue weighted by Crippen LogP contribution is 2.40. The number of benzene rings is 4. The molecule has 0 aliphatic carbocycles. The second kappa shape index (κ2) is 3.67. The number of nitro groups is 1. The number of non-ortho nitro benzene ring substituents is 1. The summed E-state index contributed by atoms with van der Waals surface area (Å²) < 4.78 is 0. The molecule has 3 nitrogen and oxygen atoms in total. The van der Waals surface area contributed by atoms with E-state index in [1.165, 1.54) is 0 Å². The van der Waals surface area contributed by atoms with Gasteiger partial charge in [0.2, 0.25) is 0 Å². The van der Waals surface area contributed by atoms with Gasteiger partial charge in [0.05, 0.1) is 10.3 Å². The summed E-state index contributed by atoms with van der Waals surface area (Å²) in [5.41, 5.74) is 1.14. The summed E-state index contributed by atoms with van der Waals surface area (Å²) in [7, 11) is 0. The molecule has 0 radical (unpaired) electrons. The van der Waals surface area contributed by atoms with Gasteiger partial charge in [0, 0.05) is 11.5 Å². The Labute approximate surface area is 114 Å². The van der Waals surface area contributed by atoms with Crippen LogP contribution in [0.4, 0.5) is 5.69 Å². The largest absolute Gasteiger partial charge is 0.277 e. The van der Waals surface area contributed by atoms with Gasteiger partial charge in [-0.15, -0.1) is 0 Å². The molecule has 0 bridgehead atoms. The topological polar surface area (TPSA) is 43.1 Å². The van der Waals surface area contributed by atoms with E-state index in [9.17, 15) is 10.1 Å². The molecule has 4 rings (SSSR count). The van der Waals surface area contributed by atoms with Crippen LogP contribution in [0.2, 0.25) is 0 Å². The van der Waals surface area contributed by atoms with Crippen LogP contribution in [0.1, 0.15) is 5.56 Å². The van der Waals surface area contributed by atoms with Gasteiger partial charge in [0.1, 0.15) is 0 Å². The molecular formula is C17H11NO2. The summed E-state index contributed by atoms with van der Waals surface area (Å²) in [6.45, 7) is 1.94. The third-order valence-corrected chi connectivity index (χ3v) is 4.00. The van der Waals surface area contributed by atoms with Gasteiger partial charge in [-0.2, -0.15) is 0 Å². The van der Waals surface area contributed by atoms with E-state index in [0.29, 0.717) is 0 Å². The molecule has 0 heterocycles. The fourth-order valence-electron chi connectivity index (χ4n) is 3.19. The Morgan fingerprint density at radius 2 is 1.50 bits per heavy atom. The van der Waals surface area contributed by atoms with Crippen molar-refractivity contribution in [1.82, 2.24) is 0 Å². The fraction of sp³-hybridized carbons (Fsp3) is 0.0588. The summed E-state index contributed by atoms with van der Waals surface area (Å²) >= 11 is 0. The Morgan fingerprint density at radius 1 is 0.850 bits per heavy atom. The van der Waals surface area contributed by atoms with Gasteiger partial charge in [-0.25, -0.2) is 0 Å². The highest BCUT2D eigenvalue weighted by molar-refractivity contribution is 6.25. The summed E-state index contributed by atoms with van der Waals surface area (Å²) in [5.74, 6) is 0. The van der Waals surface area contributed by atoms with Crippen molar-refractivity contribution in [2.75, 3.05) is 0 Å². The van der Waals surface area contributed by atoms with E-state index in [4.69, 9.17) is 0 Å². The maximum Gasteiger partial charge on any atom is 0.277 e. The van der Waals surface area contributed by atoms with Crippen molar-refractivity contribution in [3.05, 3.63) is 64.2 Å². The van der Waals surface area contributed by atoms with E-state index in [1.807, 2.05) is 31.2 Å². The normalized spacial score (nSPS) is 11.7. The van der Waals surface area contributed by atoms with E-state index >= 15 is 0 Å². The van der Waals surface area contributed by atoms with Crippen molar-refractivity contribution in [1.29, 1.82) is 0 Å². The first-order chi connectivity index (χ1) is 9.66. The van der Waals surface area contributed by atoms with Crippen LogP contribution < -0.4 is 0 Å². The molecule has 0 fully saturated rings. The minimum Gasteiger partial charge on any atom is -0.258 e. The number of aryl methyl sites for hydroxylation is 1. The van der Waals surface area contributed by atoms with Crippen molar-refractivity contribution in [3.63, 3.8) is 0 Å². The van der Waals surface area contributed by atoms with Crippen LogP contribution in [0.3, 0.4) is 0 Å². The maximum atomic E-state index is 11.3. The molecule has 96 valence electrons. The lowest BCUT2D eigenvalue weighted by Crippen LogP contribution is -1.93. The fourth-order valence-corrected chi connectivity index (χ4v) is 3.19. The highest BCUT2D eigenvalue weighted by atomic mass is 16.6. The molecule has 0 aromatic heterocycles. The van der Waals surface area contributed by atoms with Crippen LogP contribution in [0, 0.1) is 17.0 Å². The van der Waals surface area contributed by atoms with Crippen LogP contribution in [-0.4, -0.2) is 4.92 Å². The molecule has 0 saturated carbocycles. The van der Waals surface area contributed by atoms with Crippen molar-refractivity contribution >= 4 is 38.0 Å². The minimum atomic E-state index is -0.293. The van der Waals surface area contributed by atoms with Gasteiger partial charge in [0.15, 0.2) is 0 Å². The molecule has 4 aromatic carbocycles. The van der Waals surface area contributed by atoms with Crippen LogP contribution >= 0.6 is 0 Å². The summed E-state index contributed by atoms with van der Waals surface area (Å²) in [6, 6.07) is 15.7. The van der Waals surface area contributed by atoms with Crippen molar-refractivity contribution in [2.24, 2.45) is 0 Å².